The Hall–Kier alpha value is -5.72. The van der Waals surface area contributed by atoms with Crippen LogP contribution in [0.2, 0.25) is 0 Å². The molecule has 2 aliphatic carbocycles. The van der Waals surface area contributed by atoms with Crippen molar-refractivity contribution >= 4 is 66.0 Å². The fourth-order valence-corrected chi connectivity index (χ4v) is 10.5. The van der Waals surface area contributed by atoms with E-state index in [1.54, 1.807) is 0 Å². The Balaban J connectivity index is 1.39. The highest BCUT2D eigenvalue weighted by molar-refractivity contribution is 6.40. The Labute approximate surface area is 292 Å². The third-order valence-electron chi connectivity index (χ3n) is 12.0. The zero-order valence-electron chi connectivity index (χ0n) is 29.4. The van der Waals surface area contributed by atoms with E-state index in [0.29, 0.717) is 0 Å². The Kier molecular flexibility index (Phi) is 5.34. The first-order valence-corrected chi connectivity index (χ1v) is 17.9. The van der Waals surface area contributed by atoms with Crippen LogP contribution in [0.15, 0.2) is 97.1 Å². The lowest BCUT2D eigenvalue weighted by atomic mass is 9.79. The molecule has 0 atom stereocenters. The van der Waals surface area contributed by atoms with E-state index in [0.717, 1.165) is 0 Å². The first-order valence-electron chi connectivity index (χ1n) is 17.9. The van der Waals surface area contributed by atoms with Crippen LogP contribution in [0.3, 0.4) is 0 Å². The van der Waals surface area contributed by atoms with Gasteiger partial charge in [0.25, 0.3) is 0 Å². The summed E-state index contributed by atoms with van der Waals surface area (Å²) in [4.78, 5) is 0. The number of fused-ring (bicyclic) bond motifs is 6. The standard InChI is InChI=1S/C50H36/c1-25-21-27(3)41(28(4)22-25)47-33-9-7-8-10-34(33)48(42-29(5)23-26(2)24-30(42)6)50-40-20-18-38-36-16-14-32-12-11-31-13-15-35(44(36)43(31)32)37-17-19-39(49(47)50)46(40)45(37)38/h7-24H,1-6H3. The average molecular weight is 637 g/mol. The van der Waals surface area contributed by atoms with Crippen LogP contribution >= 0.6 is 0 Å². The van der Waals surface area contributed by atoms with E-state index in [1.165, 1.54) is 143 Å². The number of rotatable bonds is 2. The lowest BCUT2D eigenvalue weighted by molar-refractivity contribution is 1.32. The minimum absolute atomic E-state index is 1.31. The maximum Gasteiger partial charge on any atom is -0.000720 e. The maximum absolute atomic E-state index is 2.46. The highest BCUT2D eigenvalue weighted by atomic mass is 14.4. The summed E-state index contributed by atoms with van der Waals surface area (Å²) < 4.78 is 0. The molecule has 0 saturated carbocycles. The molecule has 9 aromatic carbocycles. The van der Waals surface area contributed by atoms with Gasteiger partial charge in [0.15, 0.2) is 0 Å². The van der Waals surface area contributed by atoms with Crippen molar-refractivity contribution in [3.05, 3.63) is 142 Å². The second-order valence-corrected chi connectivity index (χ2v) is 15.2. The molecule has 0 aliphatic heterocycles. The van der Waals surface area contributed by atoms with E-state index >= 15 is 0 Å². The van der Waals surface area contributed by atoms with Gasteiger partial charge >= 0.3 is 0 Å². The smallest absolute Gasteiger partial charge is 0.000720 e. The SMILES string of the molecule is Cc1cc(C)c(-c2c3c(c(-c4c(C)cc(C)cc4C)c4ccccc24)-c2ccc4c5ccc6c7c(ccc(c8ccc-3c2c84)c75)C=C6)c(C)c1. The molecule has 9 aromatic rings. The molecule has 0 bridgehead atoms. The van der Waals surface area contributed by atoms with E-state index in [-0.39, 0.29) is 0 Å². The van der Waals surface area contributed by atoms with Gasteiger partial charge in [0.2, 0.25) is 0 Å². The third kappa shape index (κ3) is 3.37. The van der Waals surface area contributed by atoms with Crippen molar-refractivity contribution in [2.75, 3.05) is 0 Å². The quantitative estimate of drug-likeness (QED) is 0.131. The van der Waals surface area contributed by atoms with Crippen molar-refractivity contribution in [3.63, 3.8) is 0 Å². The lowest BCUT2D eigenvalue weighted by Crippen LogP contribution is -1.99. The normalized spacial score (nSPS) is 12.9. The molecule has 0 heterocycles. The molecular formula is C50H36. The van der Waals surface area contributed by atoms with Gasteiger partial charge in [-0.25, -0.2) is 0 Å². The second-order valence-electron chi connectivity index (χ2n) is 15.2. The Morgan fingerprint density at radius 2 is 0.680 bits per heavy atom. The zero-order valence-corrected chi connectivity index (χ0v) is 29.4. The minimum Gasteiger partial charge on any atom is -0.0616 e. The Morgan fingerprint density at radius 3 is 1.10 bits per heavy atom. The molecule has 0 radical (unpaired) electrons. The molecule has 0 N–H and O–H groups in total. The number of hydrogen-bond donors (Lipinski definition) is 0. The Bertz CT molecular complexity index is 2830. The van der Waals surface area contributed by atoms with Gasteiger partial charge in [-0.3, -0.25) is 0 Å². The summed E-state index contributed by atoms with van der Waals surface area (Å²) in [5.74, 6) is 0. The Morgan fingerprint density at radius 1 is 0.300 bits per heavy atom. The first-order chi connectivity index (χ1) is 24.3. The molecular weight excluding hydrogens is 601 g/mol. The molecule has 0 aromatic heterocycles. The molecule has 50 heavy (non-hydrogen) atoms. The summed E-state index contributed by atoms with van der Waals surface area (Å²) in [7, 11) is 0. The van der Waals surface area contributed by atoms with Crippen molar-refractivity contribution in [1.82, 2.24) is 0 Å². The largest absolute Gasteiger partial charge is 0.0616 e. The number of aryl methyl sites for hydroxylation is 6. The summed E-state index contributed by atoms with van der Waals surface area (Å²) in [6.07, 6.45) is 4.55. The average Bonchev–Trinajstić information content (AvgIpc) is 3.67. The molecule has 0 nitrogen and oxygen atoms in total. The van der Waals surface area contributed by atoms with Crippen LogP contribution in [0.1, 0.15) is 44.5 Å². The van der Waals surface area contributed by atoms with Gasteiger partial charge in [-0.1, -0.05) is 120 Å². The molecule has 2 aliphatic rings. The summed E-state index contributed by atoms with van der Waals surface area (Å²) in [5, 5.41) is 13.7. The van der Waals surface area contributed by atoms with Crippen LogP contribution < -0.4 is 0 Å². The molecule has 0 spiro atoms. The van der Waals surface area contributed by atoms with E-state index in [2.05, 4.69) is 151 Å². The van der Waals surface area contributed by atoms with Crippen molar-refractivity contribution < 1.29 is 0 Å². The van der Waals surface area contributed by atoms with Gasteiger partial charge in [-0.15, -0.1) is 0 Å². The number of hydrogen-bond acceptors (Lipinski definition) is 0. The highest BCUT2D eigenvalue weighted by Gasteiger charge is 2.33. The van der Waals surface area contributed by atoms with Gasteiger partial charge in [0.05, 0.1) is 0 Å². The summed E-state index contributed by atoms with van der Waals surface area (Å²) in [6.45, 7) is 13.7. The van der Waals surface area contributed by atoms with E-state index in [9.17, 15) is 0 Å². The number of benzene rings is 9. The van der Waals surface area contributed by atoms with E-state index in [4.69, 9.17) is 0 Å². The molecule has 0 amide bonds. The van der Waals surface area contributed by atoms with Gasteiger partial charge in [-0.05, 0) is 173 Å². The predicted octanol–water partition coefficient (Wildman–Crippen LogP) is 14.2. The van der Waals surface area contributed by atoms with Crippen LogP contribution in [-0.4, -0.2) is 0 Å². The van der Waals surface area contributed by atoms with E-state index in [1.807, 2.05) is 0 Å². The predicted molar refractivity (Wildman–Crippen MR) is 218 cm³/mol. The third-order valence-corrected chi connectivity index (χ3v) is 12.0. The fraction of sp³-hybridized carbons (Fsp3) is 0.120. The maximum atomic E-state index is 2.46. The van der Waals surface area contributed by atoms with Crippen LogP contribution in [-0.2, 0) is 0 Å². The zero-order chi connectivity index (χ0) is 33.7. The molecule has 11 rings (SSSR count). The molecule has 0 saturated heterocycles. The van der Waals surface area contributed by atoms with E-state index < -0.39 is 0 Å². The monoisotopic (exact) mass is 636 g/mol. The molecule has 236 valence electrons. The topological polar surface area (TPSA) is 0 Å². The van der Waals surface area contributed by atoms with Crippen molar-refractivity contribution in [3.8, 4) is 44.5 Å². The van der Waals surface area contributed by atoms with Crippen molar-refractivity contribution in [1.29, 1.82) is 0 Å². The molecule has 0 fully saturated rings. The van der Waals surface area contributed by atoms with Crippen molar-refractivity contribution in [2.45, 2.75) is 41.5 Å². The lowest BCUT2D eigenvalue weighted by Gasteiger charge is -2.24. The van der Waals surface area contributed by atoms with Gasteiger partial charge in [0, 0.05) is 0 Å². The minimum atomic E-state index is 1.31. The van der Waals surface area contributed by atoms with Crippen LogP contribution in [0, 0.1) is 41.5 Å². The van der Waals surface area contributed by atoms with Gasteiger partial charge in [0.1, 0.15) is 0 Å². The summed E-state index contributed by atoms with van der Waals surface area (Å²) >= 11 is 0. The van der Waals surface area contributed by atoms with Gasteiger partial charge < -0.3 is 0 Å². The second kappa shape index (κ2) is 9.49. The summed E-state index contributed by atoms with van der Waals surface area (Å²) in [6, 6.07) is 37.9. The first kappa shape index (κ1) is 28.2. The molecule has 0 unspecified atom stereocenters. The van der Waals surface area contributed by atoms with Gasteiger partial charge in [-0.2, -0.15) is 0 Å². The highest BCUT2D eigenvalue weighted by Crippen LogP contribution is 2.60. The van der Waals surface area contributed by atoms with Crippen LogP contribution in [0.5, 0.6) is 0 Å². The fourth-order valence-electron chi connectivity index (χ4n) is 10.5. The van der Waals surface area contributed by atoms with Crippen LogP contribution in [0.4, 0.5) is 0 Å². The van der Waals surface area contributed by atoms with Crippen LogP contribution in [0.25, 0.3) is 111 Å². The molecule has 0 heteroatoms. The summed E-state index contributed by atoms with van der Waals surface area (Å²) in [5.41, 5.74) is 21.6. The van der Waals surface area contributed by atoms with Crippen molar-refractivity contribution in [2.24, 2.45) is 0 Å².